The summed E-state index contributed by atoms with van der Waals surface area (Å²) in [6.45, 7) is 6.58. The van der Waals surface area contributed by atoms with E-state index < -0.39 is 0 Å². The summed E-state index contributed by atoms with van der Waals surface area (Å²) in [5.74, 6) is -0.321. The molecule has 4 nitrogen and oxygen atoms in total. The Bertz CT molecular complexity index is 618. The maximum absolute atomic E-state index is 12.5. The average molecular weight is 365 g/mol. The number of carbonyl (C=O) groups is 2. The Hall–Kier alpha value is -1.55. The zero-order chi connectivity index (χ0) is 18.4. The molecule has 25 heavy (non-hydrogen) atoms. The van der Waals surface area contributed by atoms with Crippen LogP contribution in [-0.4, -0.2) is 24.4 Å². The number of nitrogens with one attached hydrogen (secondary N) is 1. The van der Waals surface area contributed by atoms with E-state index in [1.807, 2.05) is 26.0 Å². The second-order valence-electron chi connectivity index (χ2n) is 7.10. The van der Waals surface area contributed by atoms with Gasteiger partial charge in [0.1, 0.15) is 0 Å². The van der Waals surface area contributed by atoms with Crippen LogP contribution in [0.3, 0.4) is 0 Å². The normalized spacial score (nSPS) is 18.5. The lowest BCUT2D eigenvalue weighted by atomic mass is 10.1. The number of hydrogen-bond donors (Lipinski definition) is 1. The van der Waals surface area contributed by atoms with Gasteiger partial charge in [0.15, 0.2) is 0 Å². The topological polar surface area (TPSA) is 49.4 Å². The number of halogens is 1. The molecule has 2 rings (SSSR count). The maximum atomic E-state index is 12.5. The predicted molar refractivity (Wildman–Crippen MR) is 103 cm³/mol. The fourth-order valence-corrected chi connectivity index (χ4v) is 3.37. The molecule has 2 amide bonds. The van der Waals surface area contributed by atoms with E-state index in [4.69, 9.17) is 11.6 Å². The summed E-state index contributed by atoms with van der Waals surface area (Å²) < 4.78 is 0. The first kappa shape index (κ1) is 19.8. The largest absolute Gasteiger partial charge is 0.353 e. The molecule has 0 bridgehead atoms. The Labute approximate surface area is 155 Å². The maximum Gasteiger partial charge on any atom is 0.227 e. The smallest absolute Gasteiger partial charge is 0.227 e. The highest BCUT2D eigenvalue weighted by Gasteiger charge is 2.35. The van der Waals surface area contributed by atoms with Crippen molar-refractivity contribution in [2.45, 2.75) is 65.3 Å². The standard InChI is InChI=1S/C20H29ClN2O2/c1-4-5-6-7-8-15(3)22-20(25)16-11-19(24)23(13-16)17-10-9-14(2)18(21)12-17/h9-10,12,15-16H,4-8,11,13H2,1-3H3,(H,22,25)/t15-,16+/m0/s1. The number of anilines is 1. The summed E-state index contributed by atoms with van der Waals surface area (Å²) >= 11 is 6.16. The van der Waals surface area contributed by atoms with Crippen molar-refractivity contribution in [2.75, 3.05) is 11.4 Å². The number of carbonyl (C=O) groups excluding carboxylic acids is 2. The second kappa shape index (κ2) is 9.23. The lowest BCUT2D eigenvalue weighted by molar-refractivity contribution is -0.126. The van der Waals surface area contributed by atoms with Crippen molar-refractivity contribution < 1.29 is 9.59 Å². The third-order valence-electron chi connectivity index (χ3n) is 4.84. The van der Waals surface area contributed by atoms with Crippen LogP contribution in [0.25, 0.3) is 0 Å². The van der Waals surface area contributed by atoms with Crippen LogP contribution in [0.2, 0.25) is 5.02 Å². The molecule has 1 aliphatic rings. The van der Waals surface area contributed by atoms with Crippen LogP contribution >= 0.6 is 11.6 Å². The molecular formula is C20H29ClN2O2. The number of nitrogens with zero attached hydrogens (tertiary/aromatic N) is 1. The van der Waals surface area contributed by atoms with Crippen molar-refractivity contribution in [2.24, 2.45) is 5.92 Å². The third kappa shape index (κ3) is 5.46. The Balaban J connectivity index is 1.88. The first-order chi connectivity index (χ1) is 11.9. The van der Waals surface area contributed by atoms with Gasteiger partial charge in [0.05, 0.1) is 5.92 Å². The predicted octanol–water partition coefficient (Wildman–Crippen LogP) is 4.48. The van der Waals surface area contributed by atoms with E-state index in [2.05, 4.69) is 12.2 Å². The molecular weight excluding hydrogens is 336 g/mol. The fourth-order valence-electron chi connectivity index (χ4n) is 3.19. The first-order valence-corrected chi connectivity index (χ1v) is 9.67. The van der Waals surface area contributed by atoms with Crippen molar-refractivity contribution in [1.82, 2.24) is 5.32 Å². The van der Waals surface area contributed by atoms with Crippen molar-refractivity contribution in [3.05, 3.63) is 28.8 Å². The van der Waals surface area contributed by atoms with E-state index in [-0.39, 0.29) is 30.2 Å². The second-order valence-corrected chi connectivity index (χ2v) is 7.51. The van der Waals surface area contributed by atoms with Gasteiger partial charge in [0, 0.05) is 29.7 Å². The summed E-state index contributed by atoms with van der Waals surface area (Å²) in [6.07, 6.45) is 6.05. The number of benzene rings is 1. The van der Waals surface area contributed by atoms with Gasteiger partial charge in [0.25, 0.3) is 0 Å². The Morgan fingerprint density at radius 3 is 2.80 bits per heavy atom. The van der Waals surface area contributed by atoms with Gasteiger partial charge in [-0.2, -0.15) is 0 Å². The minimum atomic E-state index is -0.286. The van der Waals surface area contributed by atoms with E-state index in [9.17, 15) is 9.59 Å². The quantitative estimate of drug-likeness (QED) is 0.691. The summed E-state index contributed by atoms with van der Waals surface area (Å²) in [5, 5.41) is 3.71. The molecule has 0 radical (unpaired) electrons. The van der Waals surface area contributed by atoms with Gasteiger partial charge >= 0.3 is 0 Å². The van der Waals surface area contributed by atoms with Gasteiger partial charge in [-0.3, -0.25) is 9.59 Å². The number of rotatable bonds is 8. The van der Waals surface area contributed by atoms with Gasteiger partial charge in [-0.15, -0.1) is 0 Å². The van der Waals surface area contributed by atoms with Crippen molar-refractivity contribution >= 4 is 29.1 Å². The third-order valence-corrected chi connectivity index (χ3v) is 5.25. The molecule has 0 spiro atoms. The van der Waals surface area contributed by atoms with Crippen LogP contribution in [0.15, 0.2) is 18.2 Å². The van der Waals surface area contributed by atoms with Crippen LogP contribution in [0.5, 0.6) is 0 Å². The van der Waals surface area contributed by atoms with Gasteiger partial charge < -0.3 is 10.2 Å². The van der Waals surface area contributed by atoms with E-state index in [1.54, 1.807) is 11.0 Å². The van der Waals surface area contributed by atoms with E-state index >= 15 is 0 Å². The van der Waals surface area contributed by atoms with E-state index in [0.717, 1.165) is 24.1 Å². The Kier molecular flexibility index (Phi) is 7.30. The van der Waals surface area contributed by atoms with Crippen LogP contribution < -0.4 is 10.2 Å². The molecule has 2 atom stereocenters. The summed E-state index contributed by atoms with van der Waals surface area (Å²) in [6, 6.07) is 5.74. The van der Waals surface area contributed by atoms with Gasteiger partial charge in [-0.25, -0.2) is 0 Å². The lowest BCUT2D eigenvalue weighted by Gasteiger charge is -2.19. The molecule has 1 heterocycles. The minimum Gasteiger partial charge on any atom is -0.353 e. The molecule has 1 aromatic carbocycles. The molecule has 1 N–H and O–H groups in total. The molecule has 1 aromatic rings. The monoisotopic (exact) mass is 364 g/mol. The number of unbranched alkanes of at least 4 members (excludes halogenated alkanes) is 3. The molecule has 138 valence electrons. The molecule has 1 fully saturated rings. The minimum absolute atomic E-state index is 0.0166. The van der Waals surface area contributed by atoms with Crippen LogP contribution in [0.1, 0.15) is 57.9 Å². The van der Waals surface area contributed by atoms with Crippen molar-refractivity contribution in [3.8, 4) is 0 Å². The average Bonchev–Trinajstić information content (AvgIpc) is 2.96. The molecule has 5 heteroatoms. The van der Waals surface area contributed by atoms with E-state index in [1.165, 1.54) is 19.3 Å². The SMILES string of the molecule is CCCCCC[C@H](C)NC(=O)[C@@H]1CC(=O)N(c2ccc(C)c(Cl)c2)C1. The van der Waals surface area contributed by atoms with Gasteiger partial charge in [-0.05, 0) is 38.0 Å². The highest BCUT2D eigenvalue weighted by atomic mass is 35.5. The van der Waals surface area contributed by atoms with Crippen LogP contribution in [0, 0.1) is 12.8 Å². The zero-order valence-corrected chi connectivity index (χ0v) is 16.2. The summed E-state index contributed by atoms with van der Waals surface area (Å²) in [4.78, 5) is 26.5. The molecule has 0 aromatic heterocycles. The number of hydrogen-bond acceptors (Lipinski definition) is 2. The first-order valence-electron chi connectivity index (χ1n) is 9.29. The Morgan fingerprint density at radius 1 is 1.36 bits per heavy atom. The highest BCUT2D eigenvalue weighted by Crippen LogP contribution is 2.29. The summed E-state index contributed by atoms with van der Waals surface area (Å²) in [7, 11) is 0. The Morgan fingerprint density at radius 2 is 2.12 bits per heavy atom. The molecule has 0 unspecified atom stereocenters. The number of aryl methyl sites for hydroxylation is 1. The lowest BCUT2D eigenvalue weighted by Crippen LogP contribution is -2.38. The van der Waals surface area contributed by atoms with Crippen molar-refractivity contribution in [3.63, 3.8) is 0 Å². The fraction of sp³-hybridized carbons (Fsp3) is 0.600. The van der Waals surface area contributed by atoms with E-state index in [0.29, 0.717) is 11.6 Å². The van der Waals surface area contributed by atoms with Crippen LogP contribution in [0.4, 0.5) is 5.69 Å². The van der Waals surface area contributed by atoms with Crippen LogP contribution in [-0.2, 0) is 9.59 Å². The molecule has 0 saturated carbocycles. The summed E-state index contributed by atoms with van der Waals surface area (Å²) in [5.41, 5.74) is 1.74. The number of amides is 2. The molecule has 0 aliphatic carbocycles. The van der Waals surface area contributed by atoms with Gasteiger partial charge in [0.2, 0.25) is 11.8 Å². The van der Waals surface area contributed by atoms with Gasteiger partial charge in [-0.1, -0.05) is 50.3 Å². The zero-order valence-electron chi connectivity index (χ0n) is 15.5. The molecule has 1 saturated heterocycles. The van der Waals surface area contributed by atoms with Crippen molar-refractivity contribution in [1.29, 1.82) is 0 Å². The molecule has 1 aliphatic heterocycles. The highest BCUT2D eigenvalue weighted by molar-refractivity contribution is 6.31.